The second kappa shape index (κ2) is 10.3. The van der Waals surface area contributed by atoms with Crippen molar-refractivity contribution in [1.82, 2.24) is 10.6 Å². The minimum Gasteiger partial charge on any atom is -0.356 e. The van der Waals surface area contributed by atoms with Gasteiger partial charge in [0.05, 0.1) is 10.6 Å². The van der Waals surface area contributed by atoms with Gasteiger partial charge in [-0.15, -0.1) is 0 Å². The van der Waals surface area contributed by atoms with Crippen molar-refractivity contribution in [3.8, 4) is 0 Å². The fraction of sp³-hybridized carbons (Fsp3) is 0.588. The number of guanidine groups is 1. The van der Waals surface area contributed by atoms with Crippen LogP contribution in [0.2, 0.25) is 0 Å². The highest BCUT2D eigenvalue weighted by molar-refractivity contribution is 7.91. The molecule has 0 fully saturated rings. The van der Waals surface area contributed by atoms with Gasteiger partial charge in [0.25, 0.3) is 0 Å². The molecule has 6 heteroatoms. The summed E-state index contributed by atoms with van der Waals surface area (Å²) in [5.41, 5.74) is 0. The molecule has 0 heterocycles. The van der Waals surface area contributed by atoms with Crippen molar-refractivity contribution < 1.29 is 8.42 Å². The molecule has 130 valence electrons. The normalized spacial score (nSPS) is 13.6. The van der Waals surface area contributed by atoms with E-state index in [1.54, 1.807) is 31.3 Å². The Morgan fingerprint density at radius 2 is 1.87 bits per heavy atom. The number of rotatable bonds is 9. The van der Waals surface area contributed by atoms with Crippen LogP contribution in [0.15, 0.2) is 40.2 Å². The molecular weight excluding hydrogens is 310 g/mol. The van der Waals surface area contributed by atoms with Gasteiger partial charge < -0.3 is 10.6 Å². The zero-order valence-corrected chi connectivity index (χ0v) is 15.2. The third-order valence-electron chi connectivity index (χ3n) is 3.65. The maximum atomic E-state index is 12.5. The fourth-order valence-electron chi connectivity index (χ4n) is 2.22. The first-order chi connectivity index (χ1) is 11.0. The molecule has 23 heavy (non-hydrogen) atoms. The highest BCUT2D eigenvalue weighted by Gasteiger charge is 2.20. The Morgan fingerprint density at radius 1 is 1.17 bits per heavy atom. The van der Waals surface area contributed by atoms with Crippen molar-refractivity contribution in [3.63, 3.8) is 0 Å². The van der Waals surface area contributed by atoms with Crippen molar-refractivity contribution in [1.29, 1.82) is 0 Å². The molecule has 0 aromatic heterocycles. The van der Waals surface area contributed by atoms with Gasteiger partial charge in [-0.1, -0.05) is 44.9 Å². The van der Waals surface area contributed by atoms with Gasteiger partial charge in [0.2, 0.25) is 0 Å². The van der Waals surface area contributed by atoms with Crippen LogP contribution in [0.1, 0.15) is 39.5 Å². The number of nitrogens with zero attached hydrogens (tertiary/aromatic N) is 1. The molecule has 1 rings (SSSR count). The number of aliphatic imine (C=N–C) groups is 1. The third kappa shape index (κ3) is 7.03. The molecule has 0 aliphatic heterocycles. The summed E-state index contributed by atoms with van der Waals surface area (Å²) in [5.74, 6) is 0.722. The Balaban J connectivity index is 2.62. The van der Waals surface area contributed by atoms with Gasteiger partial charge in [0.15, 0.2) is 15.8 Å². The SMILES string of the molecule is CCCCCNC(=NC)NC(CC)CS(=O)(=O)c1ccccc1. The second-order valence-corrected chi connectivity index (χ2v) is 7.58. The lowest BCUT2D eigenvalue weighted by molar-refractivity contribution is 0.567. The molecule has 1 unspecified atom stereocenters. The van der Waals surface area contributed by atoms with Gasteiger partial charge >= 0.3 is 0 Å². The summed E-state index contributed by atoms with van der Waals surface area (Å²) < 4.78 is 24.9. The van der Waals surface area contributed by atoms with E-state index in [4.69, 9.17) is 0 Å². The van der Waals surface area contributed by atoms with Crippen molar-refractivity contribution in [2.75, 3.05) is 19.3 Å². The highest BCUT2D eigenvalue weighted by atomic mass is 32.2. The summed E-state index contributed by atoms with van der Waals surface area (Å²) in [6.07, 6.45) is 4.13. The molecule has 1 aromatic carbocycles. The molecule has 0 aliphatic carbocycles. The number of unbranched alkanes of at least 4 members (excludes halogenated alkanes) is 2. The van der Waals surface area contributed by atoms with E-state index < -0.39 is 9.84 Å². The van der Waals surface area contributed by atoms with Gasteiger partial charge in [-0.25, -0.2) is 8.42 Å². The molecule has 1 aromatic rings. The predicted octanol–water partition coefficient (Wildman–Crippen LogP) is 2.59. The minimum atomic E-state index is -3.30. The van der Waals surface area contributed by atoms with Crippen molar-refractivity contribution in [2.45, 2.75) is 50.5 Å². The first-order valence-electron chi connectivity index (χ1n) is 8.28. The van der Waals surface area contributed by atoms with E-state index in [0.717, 1.165) is 13.0 Å². The molecule has 5 nitrogen and oxygen atoms in total. The summed E-state index contributed by atoms with van der Waals surface area (Å²) in [4.78, 5) is 4.54. The van der Waals surface area contributed by atoms with E-state index in [0.29, 0.717) is 17.3 Å². The quantitative estimate of drug-likeness (QED) is 0.412. The Morgan fingerprint density at radius 3 is 2.43 bits per heavy atom. The summed E-state index contributed by atoms with van der Waals surface area (Å²) in [5, 5.41) is 6.45. The van der Waals surface area contributed by atoms with E-state index in [-0.39, 0.29) is 11.8 Å². The highest BCUT2D eigenvalue weighted by Crippen LogP contribution is 2.12. The molecule has 0 spiro atoms. The van der Waals surface area contributed by atoms with Crippen LogP contribution in [0, 0.1) is 0 Å². The van der Waals surface area contributed by atoms with Crippen LogP contribution in [-0.4, -0.2) is 39.8 Å². The topological polar surface area (TPSA) is 70.6 Å². The predicted molar refractivity (Wildman–Crippen MR) is 96.6 cm³/mol. The zero-order valence-electron chi connectivity index (χ0n) is 14.4. The lowest BCUT2D eigenvalue weighted by Gasteiger charge is -2.20. The van der Waals surface area contributed by atoms with E-state index in [2.05, 4.69) is 22.5 Å². The Hall–Kier alpha value is -1.56. The van der Waals surface area contributed by atoms with Crippen LogP contribution in [0.4, 0.5) is 0 Å². The molecule has 2 N–H and O–H groups in total. The second-order valence-electron chi connectivity index (χ2n) is 5.55. The van der Waals surface area contributed by atoms with Gasteiger partial charge in [0.1, 0.15) is 0 Å². The Labute approximate surface area is 140 Å². The molecule has 0 saturated heterocycles. The molecular formula is C17H29N3O2S. The maximum absolute atomic E-state index is 12.5. The number of hydrogen-bond donors (Lipinski definition) is 2. The standard InChI is InChI=1S/C17H29N3O2S/c1-4-6-10-13-19-17(18-3)20-15(5-2)14-23(21,22)16-11-8-7-9-12-16/h7-9,11-12,15H,4-6,10,13-14H2,1-3H3,(H2,18,19,20). The van der Waals surface area contributed by atoms with Crippen LogP contribution in [0.3, 0.4) is 0 Å². The van der Waals surface area contributed by atoms with Crippen LogP contribution in [0.5, 0.6) is 0 Å². The molecule has 0 aliphatic rings. The summed E-state index contributed by atoms with van der Waals surface area (Å²) in [7, 11) is -1.60. The monoisotopic (exact) mass is 339 g/mol. The summed E-state index contributed by atoms with van der Waals surface area (Å²) in [6.45, 7) is 4.98. The van der Waals surface area contributed by atoms with Gasteiger partial charge in [-0.05, 0) is 25.0 Å². The summed E-state index contributed by atoms with van der Waals surface area (Å²) >= 11 is 0. The summed E-state index contributed by atoms with van der Waals surface area (Å²) in [6, 6.07) is 8.42. The van der Waals surface area contributed by atoms with Crippen molar-refractivity contribution in [3.05, 3.63) is 30.3 Å². The molecule has 0 bridgehead atoms. The number of hydrogen-bond acceptors (Lipinski definition) is 3. The molecule has 1 atom stereocenters. The smallest absolute Gasteiger partial charge is 0.191 e. The van der Waals surface area contributed by atoms with E-state index in [9.17, 15) is 8.42 Å². The van der Waals surface area contributed by atoms with E-state index in [1.807, 2.05) is 13.0 Å². The lowest BCUT2D eigenvalue weighted by Crippen LogP contribution is -2.46. The van der Waals surface area contributed by atoms with Gasteiger partial charge in [-0.2, -0.15) is 0 Å². The number of sulfone groups is 1. The van der Waals surface area contributed by atoms with Crippen LogP contribution < -0.4 is 10.6 Å². The molecule has 0 saturated carbocycles. The van der Waals surface area contributed by atoms with Crippen LogP contribution in [-0.2, 0) is 9.84 Å². The van der Waals surface area contributed by atoms with Gasteiger partial charge in [0, 0.05) is 19.6 Å². The average molecular weight is 340 g/mol. The Kier molecular flexibility index (Phi) is 8.69. The number of benzene rings is 1. The van der Waals surface area contributed by atoms with Crippen LogP contribution >= 0.6 is 0 Å². The van der Waals surface area contributed by atoms with E-state index >= 15 is 0 Å². The largest absolute Gasteiger partial charge is 0.356 e. The van der Waals surface area contributed by atoms with Crippen molar-refractivity contribution in [2.24, 2.45) is 4.99 Å². The minimum absolute atomic E-state index is 0.0587. The fourth-order valence-corrected chi connectivity index (χ4v) is 3.83. The van der Waals surface area contributed by atoms with Gasteiger partial charge in [-0.3, -0.25) is 4.99 Å². The maximum Gasteiger partial charge on any atom is 0.191 e. The van der Waals surface area contributed by atoms with E-state index in [1.165, 1.54) is 12.8 Å². The first kappa shape index (κ1) is 19.5. The number of nitrogens with one attached hydrogen (secondary N) is 2. The average Bonchev–Trinajstić information content (AvgIpc) is 2.57. The Bertz CT molecular complexity index is 571. The third-order valence-corrected chi connectivity index (χ3v) is 5.48. The molecule has 0 radical (unpaired) electrons. The first-order valence-corrected chi connectivity index (χ1v) is 9.93. The zero-order chi connectivity index (χ0) is 17.1. The lowest BCUT2D eigenvalue weighted by atomic mass is 10.2. The van der Waals surface area contributed by atoms with Crippen molar-refractivity contribution >= 4 is 15.8 Å². The van der Waals surface area contributed by atoms with Crippen LogP contribution in [0.25, 0.3) is 0 Å². The molecule has 0 amide bonds.